The smallest absolute Gasteiger partial charge is 0.0715 e. The van der Waals surface area contributed by atoms with E-state index in [0.29, 0.717) is 6.54 Å². The van der Waals surface area contributed by atoms with Gasteiger partial charge in [-0.2, -0.15) is 0 Å². The molecular formula is C13H22N2O. The lowest BCUT2D eigenvalue weighted by Gasteiger charge is -2.29. The molecule has 1 atom stereocenters. The molecule has 0 fully saturated rings. The number of hydrogen-bond acceptors (Lipinski definition) is 3. The van der Waals surface area contributed by atoms with Gasteiger partial charge in [0.2, 0.25) is 0 Å². The van der Waals surface area contributed by atoms with Gasteiger partial charge in [0.25, 0.3) is 0 Å². The highest BCUT2D eigenvalue weighted by molar-refractivity contribution is 5.03. The van der Waals surface area contributed by atoms with Crippen LogP contribution in [-0.2, 0) is 6.54 Å². The first-order chi connectivity index (χ1) is 7.39. The second kappa shape index (κ2) is 5.41. The first-order valence-corrected chi connectivity index (χ1v) is 5.66. The third-order valence-corrected chi connectivity index (χ3v) is 2.64. The van der Waals surface area contributed by atoms with Crippen LogP contribution in [0.4, 0.5) is 0 Å². The fourth-order valence-electron chi connectivity index (χ4n) is 1.40. The van der Waals surface area contributed by atoms with Crippen molar-refractivity contribution in [2.24, 2.45) is 5.41 Å². The molecule has 1 rings (SSSR count). The molecule has 1 heterocycles. The van der Waals surface area contributed by atoms with Crippen LogP contribution < -0.4 is 0 Å². The average Bonchev–Trinajstić information content (AvgIpc) is 2.17. The highest BCUT2D eigenvalue weighted by Crippen LogP contribution is 2.19. The Morgan fingerprint density at radius 2 is 2.06 bits per heavy atom. The third kappa shape index (κ3) is 4.29. The Balaban J connectivity index is 2.45. The summed E-state index contributed by atoms with van der Waals surface area (Å²) in [5.41, 5.74) is 0.962. The summed E-state index contributed by atoms with van der Waals surface area (Å²) in [6.45, 7) is 7.58. The molecule has 0 spiro atoms. The number of hydrogen-bond donors (Lipinski definition) is 1. The van der Waals surface area contributed by atoms with Crippen LogP contribution in [0.3, 0.4) is 0 Å². The average molecular weight is 222 g/mol. The van der Waals surface area contributed by atoms with E-state index in [2.05, 4.69) is 9.88 Å². The molecular weight excluding hydrogens is 200 g/mol. The highest BCUT2D eigenvalue weighted by Gasteiger charge is 2.23. The van der Waals surface area contributed by atoms with Crippen LogP contribution in [0.2, 0.25) is 0 Å². The SMILES string of the molecule is CN(Cc1ccccn1)CC(O)C(C)(C)C. The summed E-state index contributed by atoms with van der Waals surface area (Å²) in [6.07, 6.45) is 1.48. The van der Waals surface area contributed by atoms with Gasteiger partial charge in [0.05, 0.1) is 11.8 Å². The number of likely N-dealkylation sites (N-methyl/N-ethyl adjacent to an activating group) is 1. The van der Waals surface area contributed by atoms with E-state index in [-0.39, 0.29) is 11.5 Å². The Labute approximate surface area is 98.1 Å². The lowest BCUT2D eigenvalue weighted by atomic mass is 9.89. The first kappa shape index (κ1) is 13.1. The van der Waals surface area contributed by atoms with E-state index in [1.54, 1.807) is 6.20 Å². The minimum Gasteiger partial charge on any atom is -0.391 e. The Bertz CT molecular complexity index is 305. The summed E-state index contributed by atoms with van der Waals surface area (Å²) in [6, 6.07) is 5.89. The number of nitrogens with zero attached hydrogens (tertiary/aromatic N) is 2. The summed E-state index contributed by atoms with van der Waals surface area (Å²) < 4.78 is 0. The van der Waals surface area contributed by atoms with Gasteiger partial charge in [-0.15, -0.1) is 0 Å². The van der Waals surface area contributed by atoms with Gasteiger partial charge in [0, 0.05) is 19.3 Å². The molecule has 1 aromatic heterocycles. The molecule has 1 N–H and O–H groups in total. The van der Waals surface area contributed by atoms with E-state index >= 15 is 0 Å². The summed E-state index contributed by atoms with van der Waals surface area (Å²) in [5, 5.41) is 9.97. The summed E-state index contributed by atoms with van der Waals surface area (Å²) in [4.78, 5) is 6.36. The Morgan fingerprint density at radius 1 is 1.38 bits per heavy atom. The van der Waals surface area contributed by atoms with Crippen LogP contribution in [0.25, 0.3) is 0 Å². The molecule has 3 nitrogen and oxygen atoms in total. The predicted molar refractivity (Wildman–Crippen MR) is 66.0 cm³/mol. The largest absolute Gasteiger partial charge is 0.391 e. The molecule has 0 aromatic carbocycles. The van der Waals surface area contributed by atoms with Gasteiger partial charge in [-0.3, -0.25) is 9.88 Å². The van der Waals surface area contributed by atoms with Crippen molar-refractivity contribution in [1.82, 2.24) is 9.88 Å². The van der Waals surface area contributed by atoms with E-state index in [9.17, 15) is 5.11 Å². The second-order valence-electron chi connectivity index (χ2n) is 5.40. The fraction of sp³-hybridized carbons (Fsp3) is 0.615. The molecule has 0 aliphatic carbocycles. The maximum absolute atomic E-state index is 9.97. The van der Waals surface area contributed by atoms with Gasteiger partial charge >= 0.3 is 0 Å². The highest BCUT2D eigenvalue weighted by atomic mass is 16.3. The van der Waals surface area contributed by atoms with Crippen molar-refractivity contribution in [1.29, 1.82) is 0 Å². The topological polar surface area (TPSA) is 36.4 Å². The minimum atomic E-state index is -0.318. The molecule has 0 bridgehead atoms. The number of rotatable bonds is 4. The molecule has 1 unspecified atom stereocenters. The molecule has 0 radical (unpaired) electrons. The van der Waals surface area contributed by atoms with Crippen molar-refractivity contribution >= 4 is 0 Å². The van der Waals surface area contributed by atoms with Crippen LogP contribution in [0, 0.1) is 5.41 Å². The molecule has 0 aliphatic heterocycles. The van der Waals surface area contributed by atoms with Gasteiger partial charge in [0.1, 0.15) is 0 Å². The predicted octanol–water partition coefficient (Wildman–Crippen LogP) is 1.92. The molecule has 0 saturated carbocycles. The quantitative estimate of drug-likeness (QED) is 0.845. The number of aliphatic hydroxyl groups is 1. The molecule has 1 aromatic rings. The summed E-state index contributed by atoms with van der Waals surface area (Å²) >= 11 is 0. The normalized spacial score (nSPS) is 14.1. The maximum Gasteiger partial charge on any atom is 0.0715 e. The van der Waals surface area contributed by atoms with Crippen molar-refractivity contribution in [2.45, 2.75) is 33.4 Å². The molecule has 3 heteroatoms. The van der Waals surface area contributed by atoms with E-state index in [0.717, 1.165) is 12.2 Å². The molecule has 16 heavy (non-hydrogen) atoms. The van der Waals surface area contributed by atoms with Crippen molar-refractivity contribution < 1.29 is 5.11 Å². The van der Waals surface area contributed by atoms with Gasteiger partial charge < -0.3 is 5.11 Å². The van der Waals surface area contributed by atoms with Crippen LogP contribution in [0.5, 0.6) is 0 Å². The number of aromatic nitrogens is 1. The van der Waals surface area contributed by atoms with E-state index < -0.39 is 0 Å². The zero-order valence-electron chi connectivity index (χ0n) is 10.6. The Morgan fingerprint density at radius 3 is 2.56 bits per heavy atom. The van der Waals surface area contributed by atoms with E-state index in [1.165, 1.54) is 0 Å². The Hall–Kier alpha value is -0.930. The van der Waals surface area contributed by atoms with Crippen molar-refractivity contribution in [3.05, 3.63) is 30.1 Å². The summed E-state index contributed by atoms with van der Waals surface area (Å²) in [7, 11) is 2.00. The van der Waals surface area contributed by atoms with Gasteiger partial charge in [-0.1, -0.05) is 26.8 Å². The van der Waals surface area contributed by atoms with Crippen molar-refractivity contribution in [3.8, 4) is 0 Å². The Kier molecular flexibility index (Phi) is 4.44. The first-order valence-electron chi connectivity index (χ1n) is 5.66. The van der Waals surface area contributed by atoms with Crippen LogP contribution in [-0.4, -0.2) is 34.7 Å². The molecule has 0 amide bonds. The summed E-state index contributed by atoms with van der Waals surface area (Å²) in [5.74, 6) is 0. The standard InChI is InChI=1S/C13H22N2O/c1-13(2,3)12(16)10-15(4)9-11-7-5-6-8-14-11/h5-8,12,16H,9-10H2,1-4H3. The van der Waals surface area contributed by atoms with Crippen LogP contribution in [0.1, 0.15) is 26.5 Å². The van der Waals surface area contributed by atoms with Crippen molar-refractivity contribution in [2.75, 3.05) is 13.6 Å². The number of aliphatic hydroxyl groups excluding tert-OH is 1. The zero-order valence-corrected chi connectivity index (χ0v) is 10.6. The third-order valence-electron chi connectivity index (χ3n) is 2.64. The maximum atomic E-state index is 9.97. The lowest BCUT2D eigenvalue weighted by Crippen LogP contribution is -2.37. The van der Waals surface area contributed by atoms with Gasteiger partial charge in [-0.25, -0.2) is 0 Å². The molecule has 90 valence electrons. The minimum absolute atomic E-state index is 0.0711. The monoisotopic (exact) mass is 222 g/mol. The number of pyridine rings is 1. The lowest BCUT2D eigenvalue weighted by molar-refractivity contribution is 0.0331. The zero-order chi connectivity index (χ0) is 12.2. The van der Waals surface area contributed by atoms with Crippen molar-refractivity contribution in [3.63, 3.8) is 0 Å². The van der Waals surface area contributed by atoms with Crippen LogP contribution in [0.15, 0.2) is 24.4 Å². The fourth-order valence-corrected chi connectivity index (χ4v) is 1.40. The molecule has 0 aliphatic rings. The van der Waals surface area contributed by atoms with E-state index in [4.69, 9.17) is 0 Å². The molecule has 0 saturated heterocycles. The van der Waals surface area contributed by atoms with Gasteiger partial charge in [0.15, 0.2) is 0 Å². The van der Waals surface area contributed by atoms with E-state index in [1.807, 2.05) is 46.0 Å². The van der Waals surface area contributed by atoms with Crippen LogP contribution >= 0.6 is 0 Å². The second-order valence-corrected chi connectivity index (χ2v) is 5.40. The van der Waals surface area contributed by atoms with Gasteiger partial charge in [-0.05, 0) is 24.6 Å².